The van der Waals surface area contributed by atoms with Crippen LogP contribution in [0.25, 0.3) is 0 Å². The van der Waals surface area contributed by atoms with Gasteiger partial charge in [-0.2, -0.15) is 0 Å². The van der Waals surface area contributed by atoms with E-state index in [9.17, 15) is 4.79 Å². The fourth-order valence-electron chi connectivity index (χ4n) is 1.35. The number of likely N-dealkylation sites (N-methyl/N-ethyl adjacent to an activating group) is 1. The maximum atomic E-state index is 11.5. The lowest BCUT2D eigenvalue weighted by Crippen LogP contribution is -2.43. The standard InChI is InChI=1S/C11H21NO3/c1-11(2,3)10(13)15-8-9-7-12(4)5-6-14-9/h9H,5-8H2,1-4H3/t9-/m1/s1. The summed E-state index contributed by atoms with van der Waals surface area (Å²) in [5.74, 6) is -0.167. The van der Waals surface area contributed by atoms with Crippen molar-refractivity contribution in [2.24, 2.45) is 5.41 Å². The van der Waals surface area contributed by atoms with E-state index in [2.05, 4.69) is 4.90 Å². The average Bonchev–Trinajstić information content (AvgIpc) is 2.12. The fourth-order valence-corrected chi connectivity index (χ4v) is 1.35. The molecule has 1 rings (SSSR count). The Labute approximate surface area is 91.5 Å². The number of hydrogen-bond acceptors (Lipinski definition) is 4. The molecule has 0 aromatic rings. The normalized spacial score (nSPS) is 23.9. The zero-order valence-electron chi connectivity index (χ0n) is 10.1. The largest absolute Gasteiger partial charge is 0.462 e. The van der Waals surface area contributed by atoms with Crippen molar-refractivity contribution in [3.63, 3.8) is 0 Å². The Morgan fingerprint density at radius 1 is 1.53 bits per heavy atom. The lowest BCUT2D eigenvalue weighted by molar-refractivity contribution is -0.159. The Morgan fingerprint density at radius 2 is 2.20 bits per heavy atom. The lowest BCUT2D eigenvalue weighted by Gasteiger charge is -2.30. The summed E-state index contributed by atoms with van der Waals surface area (Å²) < 4.78 is 10.7. The number of esters is 1. The first-order valence-electron chi connectivity index (χ1n) is 5.37. The molecule has 0 bridgehead atoms. The van der Waals surface area contributed by atoms with Crippen LogP contribution in [0.2, 0.25) is 0 Å². The van der Waals surface area contributed by atoms with Gasteiger partial charge in [-0.3, -0.25) is 4.79 Å². The van der Waals surface area contributed by atoms with Crippen molar-refractivity contribution >= 4 is 5.97 Å². The molecule has 0 aliphatic carbocycles. The highest BCUT2D eigenvalue weighted by molar-refractivity contribution is 5.75. The monoisotopic (exact) mass is 215 g/mol. The minimum atomic E-state index is -0.430. The Morgan fingerprint density at radius 3 is 2.73 bits per heavy atom. The summed E-state index contributed by atoms with van der Waals surface area (Å²) in [5, 5.41) is 0. The zero-order valence-corrected chi connectivity index (χ0v) is 10.1. The highest BCUT2D eigenvalue weighted by Crippen LogP contribution is 2.15. The highest BCUT2D eigenvalue weighted by Gasteiger charge is 2.25. The van der Waals surface area contributed by atoms with Gasteiger partial charge in [-0.05, 0) is 27.8 Å². The van der Waals surface area contributed by atoms with Gasteiger partial charge in [0.2, 0.25) is 0 Å². The van der Waals surface area contributed by atoms with E-state index in [0.29, 0.717) is 13.2 Å². The van der Waals surface area contributed by atoms with Gasteiger partial charge in [0.25, 0.3) is 0 Å². The summed E-state index contributed by atoms with van der Waals surface area (Å²) in [4.78, 5) is 13.7. The third-order valence-electron chi connectivity index (χ3n) is 2.35. The Bertz CT molecular complexity index is 222. The van der Waals surface area contributed by atoms with E-state index in [-0.39, 0.29) is 12.1 Å². The summed E-state index contributed by atoms with van der Waals surface area (Å²) in [7, 11) is 2.04. The number of rotatable bonds is 2. The van der Waals surface area contributed by atoms with Crippen LogP contribution in [0.15, 0.2) is 0 Å². The van der Waals surface area contributed by atoms with Gasteiger partial charge in [0, 0.05) is 13.1 Å². The van der Waals surface area contributed by atoms with Crippen LogP contribution < -0.4 is 0 Å². The molecule has 4 nitrogen and oxygen atoms in total. The predicted octanol–water partition coefficient (Wildman–Crippen LogP) is 0.906. The number of morpholine rings is 1. The molecule has 0 spiro atoms. The van der Waals surface area contributed by atoms with E-state index >= 15 is 0 Å². The van der Waals surface area contributed by atoms with Gasteiger partial charge >= 0.3 is 5.97 Å². The Balaban J connectivity index is 2.28. The van der Waals surface area contributed by atoms with Crippen molar-refractivity contribution in [2.75, 3.05) is 33.4 Å². The second-order valence-electron chi connectivity index (χ2n) is 5.10. The molecule has 88 valence electrons. The van der Waals surface area contributed by atoms with Crippen LogP contribution in [0.3, 0.4) is 0 Å². The number of ether oxygens (including phenoxy) is 2. The topological polar surface area (TPSA) is 38.8 Å². The lowest BCUT2D eigenvalue weighted by atomic mass is 9.97. The number of carbonyl (C=O) groups excluding carboxylic acids is 1. The third kappa shape index (κ3) is 4.18. The van der Waals surface area contributed by atoms with Gasteiger partial charge in [-0.15, -0.1) is 0 Å². The van der Waals surface area contributed by atoms with Gasteiger partial charge in [0.15, 0.2) is 0 Å². The van der Waals surface area contributed by atoms with Crippen LogP contribution >= 0.6 is 0 Å². The van der Waals surface area contributed by atoms with E-state index in [1.165, 1.54) is 0 Å². The minimum Gasteiger partial charge on any atom is -0.462 e. The molecule has 1 fully saturated rings. The van der Waals surface area contributed by atoms with Crippen LogP contribution in [-0.2, 0) is 14.3 Å². The van der Waals surface area contributed by atoms with Gasteiger partial charge in [0.1, 0.15) is 12.7 Å². The van der Waals surface area contributed by atoms with E-state index in [4.69, 9.17) is 9.47 Å². The SMILES string of the molecule is CN1CCO[C@@H](COC(=O)C(C)(C)C)C1. The molecule has 15 heavy (non-hydrogen) atoms. The van der Waals surface area contributed by atoms with Crippen molar-refractivity contribution in [3.05, 3.63) is 0 Å². The summed E-state index contributed by atoms with van der Waals surface area (Å²) >= 11 is 0. The molecule has 0 amide bonds. The molecule has 4 heteroatoms. The number of nitrogens with zero attached hydrogens (tertiary/aromatic N) is 1. The number of hydrogen-bond donors (Lipinski definition) is 0. The van der Waals surface area contributed by atoms with E-state index in [1.807, 2.05) is 27.8 Å². The quantitative estimate of drug-likeness (QED) is 0.642. The molecule has 1 heterocycles. The molecular formula is C11H21NO3. The molecular weight excluding hydrogens is 194 g/mol. The molecule has 0 N–H and O–H groups in total. The molecule has 1 atom stereocenters. The average molecular weight is 215 g/mol. The molecule has 0 saturated carbocycles. The molecule has 0 aromatic heterocycles. The van der Waals surface area contributed by atoms with Crippen LogP contribution in [0.4, 0.5) is 0 Å². The summed E-state index contributed by atoms with van der Waals surface area (Å²) in [6.07, 6.45) is 0.0232. The number of carbonyl (C=O) groups is 1. The first-order chi connectivity index (χ1) is 6.89. The van der Waals surface area contributed by atoms with Crippen LogP contribution in [0.5, 0.6) is 0 Å². The van der Waals surface area contributed by atoms with Gasteiger partial charge < -0.3 is 14.4 Å². The molecule has 0 aromatic carbocycles. The Kier molecular flexibility index (Phi) is 4.11. The van der Waals surface area contributed by atoms with E-state index in [1.54, 1.807) is 0 Å². The van der Waals surface area contributed by atoms with Crippen LogP contribution in [-0.4, -0.2) is 50.3 Å². The maximum absolute atomic E-state index is 11.5. The summed E-state index contributed by atoms with van der Waals surface area (Å²) in [6, 6.07) is 0. The van der Waals surface area contributed by atoms with Gasteiger partial charge in [0.05, 0.1) is 12.0 Å². The van der Waals surface area contributed by atoms with Crippen molar-refractivity contribution < 1.29 is 14.3 Å². The fraction of sp³-hybridized carbons (Fsp3) is 0.909. The van der Waals surface area contributed by atoms with Crippen molar-refractivity contribution in [1.29, 1.82) is 0 Å². The third-order valence-corrected chi connectivity index (χ3v) is 2.35. The van der Waals surface area contributed by atoms with Gasteiger partial charge in [-0.25, -0.2) is 0 Å². The minimum absolute atomic E-state index is 0.0232. The van der Waals surface area contributed by atoms with E-state index in [0.717, 1.165) is 13.1 Å². The molecule has 1 saturated heterocycles. The van der Waals surface area contributed by atoms with Crippen LogP contribution in [0.1, 0.15) is 20.8 Å². The zero-order chi connectivity index (χ0) is 11.5. The summed E-state index contributed by atoms with van der Waals surface area (Å²) in [6.45, 7) is 8.41. The van der Waals surface area contributed by atoms with E-state index < -0.39 is 5.41 Å². The van der Waals surface area contributed by atoms with Gasteiger partial charge in [-0.1, -0.05) is 0 Å². The summed E-state index contributed by atoms with van der Waals surface area (Å²) in [5.41, 5.74) is -0.430. The van der Waals surface area contributed by atoms with Crippen molar-refractivity contribution in [3.8, 4) is 0 Å². The maximum Gasteiger partial charge on any atom is 0.311 e. The first kappa shape index (κ1) is 12.5. The molecule has 1 aliphatic heterocycles. The second-order valence-corrected chi connectivity index (χ2v) is 5.10. The molecule has 0 unspecified atom stereocenters. The Hall–Kier alpha value is -0.610. The molecule has 1 aliphatic rings. The smallest absolute Gasteiger partial charge is 0.311 e. The van der Waals surface area contributed by atoms with Crippen LogP contribution in [0, 0.1) is 5.41 Å². The van der Waals surface area contributed by atoms with Crippen molar-refractivity contribution in [2.45, 2.75) is 26.9 Å². The predicted molar refractivity (Wildman–Crippen MR) is 57.7 cm³/mol. The second kappa shape index (κ2) is 4.94. The molecule has 0 radical (unpaired) electrons. The highest BCUT2D eigenvalue weighted by atomic mass is 16.6. The van der Waals surface area contributed by atoms with Crippen molar-refractivity contribution in [1.82, 2.24) is 4.90 Å². The first-order valence-corrected chi connectivity index (χ1v) is 5.37.